The van der Waals surface area contributed by atoms with E-state index in [0.29, 0.717) is 34.5 Å². The highest BCUT2D eigenvalue weighted by atomic mass is 32.1. The summed E-state index contributed by atoms with van der Waals surface area (Å²) >= 11 is 1.32. The Bertz CT molecular complexity index is 530. The lowest BCUT2D eigenvalue weighted by Gasteiger charge is -2.02. The number of nitriles is 1. The van der Waals surface area contributed by atoms with Gasteiger partial charge in [-0.15, -0.1) is 11.3 Å². The van der Waals surface area contributed by atoms with E-state index < -0.39 is 0 Å². The largest absolute Gasteiger partial charge is 0.396 e. The van der Waals surface area contributed by atoms with Gasteiger partial charge >= 0.3 is 0 Å². The van der Waals surface area contributed by atoms with E-state index in [-0.39, 0.29) is 5.78 Å². The zero-order chi connectivity index (χ0) is 14.0. The monoisotopic (exact) mass is 277 g/mol. The van der Waals surface area contributed by atoms with E-state index >= 15 is 0 Å². The number of nitrogens with zero attached hydrogens (tertiary/aromatic N) is 1. The number of carbonyl (C=O) groups is 1. The molecule has 1 aliphatic carbocycles. The maximum absolute atomic E-state index is 11.8. The molecular weight excluding hydrogens is 258 g/mol. The lowest BCUT2D eigenvalue weighted by molar-refractivity contribution is 0.0993. The topological polar surface area (TPSA) is 78.9 Å². The summed E-state index contributed by atoms with van der Waals surface area (Å²) in [6, 6.07) is 2.55. The maximum Gasteiger partial charge on any atom is 0.174 e. The summed E-state index contributed by atoms with van der Waals surface area (Å²) in [6.07, 6.45) is 3.95. The minimum Gasteiger partial charge on any atom is -0.396 e. The number of ketones is 1. The number of nitrogen functional groups attached to an aromatic ring is 1. The number of rotatable bonds is 6. The number of anilines is 2. The Kier molecular flexibility index (Phi) is 4.11. The van der Waals surface area contributed by atoms with Crippen LogP contribution in [0.4, 0.5) is 10.7 Å². The van der Waals surface area contributed by atoms with Gasteiger partial charge in [-0.25, -0.2) is 0 Å². The van der Waals surface area contributed by atoms with Crippen LogP contribution < -0.4 is 11.1 Å². The van der Waals surface area contributed by atoms with Crippen molar-refractivity contribution < 1.29 is 4.79 Å². The molecule has 0 bridgehead atoms. The fourth-order valence-corrected chi connectivity index (χ4v) is 3.45. The summed E-state index contributed by atoms with van der Waals surface area (Å²) in [5, 5.41) is 13.3. The minimum absolute atomic E-state index is 0.00737. The summed E-state index contributed by atoms with van der Waals surface area (Å²) < 4.78 is 0. The zero-order valence-corrected chi connectivity index (χ0v) is 12.1. The Labute approximate surface area is 117 Å². The van der Waals surface area contributed by atoms with Crippen molar-refractivity contribution in [3.05, 3.63) is 10.4 Å². The third-order valence-electron chi connectivity index (χ3n) is 3.53. The fraction of sp³-hybridized carbons (Fsp3) is 0.571. The molecule has 19 heavy (non-hydrogen) atoms. The van der Waals surface area contributed by atoms with Gasteiger partial charge in [0.15, 0.2) is 5.78 Å². The number of carbonyl (C=O) groups excluding carboxylic acids is 1. The van der Waals surface area contributed by atoms with Crippen LogP contribution >= 0.6 is 11.3 Å². The van der Waals surface area contributed by atoms with Gasteiger partial charge in [-0.05, 0) is 18.8 Å². The summed E-state index contributed by atoms with van der Waals surface area (Å²) in [4.78, 5) is 12.3. The Morgan fingerprint density at radius 1 is 1.58 bits per heavy atom. The van der Waals surface area contributed by atoms with E-state index in [9.17, 15) is 10.1 Å². The smallest absolute Gasteiger partial charge is 0.174 e. The molecule has 3 N–H and O–H groups in total. The predicted molar refractivity (Wildman–Crippen MR) is 78.5 cm³/mol. The third-order valence-corrected chi connectivity index (χ3v) is 4.71. The van der Waals surface area contributed by atoms with E-state index in [1.54, 1.807) is 6.92 Å². The molecule has 1 aromatic heterocycles. The van der Waals surface area contributed by atoms with Crippen LogP contribution in [-0.4, -0.2) is 11.8 Å². The van der Waals surface area contributed by atoms with E-state index in [0.717, 1.165) is 11.4 Å². The first kappa shape index (κ1) is 13.9. The molecule has 1 aromatic rings. The fourth-order valence-electron chi connectivity index (χ4n) is 2.31. The molecule has 2 rings (SSSR count). The molecule has 0 radical (unpaired) electrons. The lowest BCUT2D eigenvalue weighted by atomic mass is 10.2. The highest BCUT2D eigenvalue weighted by Gasteiger charge is 2.37. The van der Waals surface area contributed by atoms with E-state index in [1.807, 2.05) is 0 Å². The quantitative estimate of drug-likeness (QED) is 0.781. The van der Waals surface area contributed by atoms with Gasteiger partial charge in [0.2, 0.25) is 0 Å². The second kappa shape index (κ2) is 5.62. The normalized spacial score (nSPS) is 20.9. The van der Waals surface area contributed by atoms with Crippen molar-refractivity contribution in [3.63, 3.8) is 0 Å². The Hall–Kier alpha value is -1.54. The summed E-state index contributed by atoms with van der Waals surface area (Å²) in [7, 11) is 0. The maximum atomic E-state index is 11.8. The molecule has 1 heterocycles. The molecular formula is C14H19N3OS. The number of nitrogens with two attached hydrogens (primary N) is 1. The van der Waals surface area contributed by atoms with Crippen molar-refractivity contribution in [1.82, 2.24) is 0 Å². The first-order chi connectivity index (χ1) is 9.12. The summed E-state index contributed by atoms with van der Waals surface area (Å²) in [5.74, 6) is 0.707. The van der Waals surface area contributed by atoms with Crippen molar-refractivity contribution >= 4 is 27.8 Å². The number of thiophene rings is 1. The van der Waals surface area contributed by atoms with Crippen molar-refractivity contribution in [2.45, 2.75) is 45.6 Å². The molecule has 1 aliphatic rings. The number of nitrogens with one attached hydrogen (secondary N) is 1. The zero-order valence-electron chi connectivity index (χ0n) is 11.3. The van der Waals surface area contributed by atoms with Gasteiger partial charge in [0.05, 0.1) is 10.6 Å². The molecule has 5 heteroatoms. The second-order valence-electron chi connectivity index (χ2n) is 4.97. The van der Waals surface area contributed by atoms with E-state index in [2.05, 4.69) is 18.3 Å². The Morgan fingerprint density at radius 3 is 2.89 bits per heavy atom. The van der Waals surface area contributed by atoms with Crippen LogP contribution in [0, 0.1) is 17.2 Å². The molecule has 1 saturated carbocycles. The number of Topliss-reactive ketones (excluding diaryl/α,β-unsaturated/α-hetero) is 1. The first-order valence-electron chi connectivity index (χ1n) is 6.74. The van der Waals surface area contributed by atoms with Crippen LogP contribution in [0.2, 0.25) is 0 Å². The molecule has 1 fully saturated rings. The molecule has 0 amide bonds. The lowest BCUT2D eigenvalue weighted by Crippen LogP contribution is -2.04. The second-order valence-corrected chi connectivity index (χ2v) is 5.99. The minimum atomic E-state index is 0.00737. The van der Waals surface area contributed by atoms with Gasteiger partial charge < -0.3 is 11.1 Å². The van der Waals surface area contributed by atoms with Crippen molar-refractivity contribution in [2.24, 2.45) is 5.92 Å². The average Bonchev–Trinajstić information content (AvgIpc) is 3.04. The van der Waals surface area contributed by atoms with Crippen LogP contribution in [0.3, 0.4) is 0 Å². The molecule has 4 nitrogen and oxygen atoms in total. The number of hydrogen-bond donors (Lipinski definition) is 2. The Balaban J connectivity index is 2.17. The summed E-state index contributed by atoms with van der Waals surface area (Å²) in [6.45, 7) is 3.98. The molecule has 0 aromatic carbocycles. The van der Waals surface area contributed by atoms with Crippen LogP contribution in [0.1, 0.15) is 54.8 Å². The summed E-state index contributed by atoms with van der Waals surface area (Å²) in [5.41, 5.74) is 6.68. The van der Waals surface area contributed by atoms with Crippen molar-refractivity contribution in [3.8, 4) is 6.07 Å². The highest BCUT2D eigenvalue weighted by molar-refractivity contribution is 7.19. The SMILES string of the molecule is CCCC1CC1Nc1sc(C(=O)CC)c(N)c1C#N. The van der Waals surface area contributed by atoms with Gasteiger partial charge in [-0.2, -0.15) is 5.26 Å². The highest BCUT2D eigenvalue weighted by Crippen LogP contribution is 2.42. The van der Waals surface area contributed by atoms with Gasteiger partial charge in [0.25, 0.3) is 0 Å². The van der Waals surface area contributed by atoms with Gasteiger partial charge in [0.1, 0.15) is 16.6 Å². The van der Waals surface area contributed by atoms with Crippen LogP contribution in [0.25, 0.3) is 0 Å². The van der Waals surface area contributed by atoms with Crippen LogP contribution in [0.15, 0.2) is 0 Å². The molecule has 2 atom stereocenters. The molecule has 0 spiro atoms. The van der Waals surface area contributed by atoms with E-state index in [4.69, 9.17) is 5.73 Å². The van der Waals surface area contributed by atoms with Crippen LogP contribution in [0.5, 0.6) is 0 Å². The average molecular weight is 277 g/mol. The van der Waals surface area contributed by atoms with Gasteiger partial charge in [0, 0.05) is 12.5 Å². The standard InChI is InChI=1S/C14H19N3OS/c1-3-5-8-6-10(8)17-14-9(7-15)12(16)13(19-14)11(18)4-2/h8,10,17H,3-6,16H2,1-2H3. The predicted octanol–water partition coefficient (Wildman–Crippen LogP) is 3.40. The van der Waals surface area contributed by atoms with Crippen molar-refractivity contribution in [1.29, 1.82) is 5.26 Å². The van der Waals surface area contributed by atoms with Gasteiger partial charge in [-0.1, -0.05) is 20.3 Å². The van der Waals surface area contributed by atoms with Gasteiger partial charge in [-0.3, -0.25) is 4.79 Å². The molecule has 0 saturated heterocycles. The van der Waals surface area contributed by atoms with Crippen LogP contribution in [-0.2, 0) is 0 Å². The third kappa shape index (κ3) is 2.74. The number of hydrogen-bond acceptors (Lipinski definition) is 5. The van der Waals surface area contributed by atoms with E-state index in [1.165, 1.54) is 24.2 Å². The molecule has 0 aliphatic heterocycles. The Morgan fingerprint density at radius 2 is 2.32 bits per heavy atom. The first-order valence-corrected chi connectivity index (χ1v) is 7.56. The molecule has 2 unspecified atom stereocenters. The van der Waals surface area contributed by atoms with Crippen molar-refractivity contribution in [2.75, 3.05) is 11.1 Å². The molecule has 102 valence electrons.